The number of nitrogens with zero attached hydrogens (tertiary/aromatic N) is 1. The highest BCUT2D eigenvalue weighted by Gasteiger charge is 1.99. The zero-order valence-electron chi connectivity index (χ0n) is 20.0. The van der Waals surface area contributed by atoms with Gasteiger partial charge < -0.3 is 10.4 Å². The van der Waals surface area contributed by atoms with Crippen molar-refractivity contribution in [3.8, 4) is 5.75 Å². The van der Waals surface area contributed by atoms with Crippen LogP contribution in [0.25, 0.3) is 0 Å². The van der Waals surface area contributed by atoms with Gasteiger partial charge in [0, 0.05) is 16.6 Å². The maximum Gasteiger partial charge on any atom is 0.186 e. The Morgan fingerprint density at radius 2 is 1.38 bits per heavy atom. The molecule has 0 aromatic heterocycles. The highest BCUT2D eigenvalue weighted by molar-refractivity contribution is 9.10. The number of unbranched alkanes of at least 4 members (excludes halogenated alkanes) is 15. The number of phenols is 1. The number of rotatable bonds is 19. The Morgan fingerprint density at radius 3 is 1.91 bits per heavy atom. The number of phenolic OH excluding ortho intramolecular Hbond substituents is 1. The maximum atomic E-state index is 9.78. The molecule has 1 aromatic carbocycles. The molecule has 0 atom stereocenters. The molecular weight excluding hydrogens is 482 g/mol. The van der Waals surface area contributed by atoms with Gasteiger partial charge in [-0.3, -0.25) is 5.43 Å². The van der Waals surface area contributed by atoms with Crippen molar-refractivity contribution >= 4 is 39.5 Å². The second-order valence-electron chi connectivity index (χ2n) is 8.63. The predicted molar refractivity (Wildman–Crippen MR) is 147 cm³/mol. The van der Waals surface area contributed by atoms with Gasteiger partial charge in [-0.2, -0.15) is 5.10 Å². The van der Waals surface area contributed by atoms with E-state index in [1.165, 1.54) is 96.3 Å². The third-order valence-corrected chi connectivity index (χ3v) is 6.40. The van der Waals surface area contributed by atoms with Gasteiger partial charge >= 0.3 is 0 Å². The lowest BCUT2D eigenvalue weighted by molar-refractivity contribution is 0.474. The van der Waals surface area contributed by atoms with Crippen LogP contribution in [0.15, 0.2) is 27.8 Å². The average Bonchev–Trinajstić information content (AvgIpc) is 2.78. The molecule has 0 heterocycles. The molecule has 6 heteroatoms. The third-order valence-electron chi connectivity index (χ3n) is 5.68. The molecule has 0 aliphatic heterocycles. The van der Waals surface area contributed by atoms with Crippen LogP contribution < -0.4 is 10.7 Å². The van der Waals surface area contributed by atoms with Gasteiger partial charge in [0.2, 0.25) is 0 Å². The van der Waals surface area contributed by atoms with Gasteiger partial charge in [-0.05, 0) is 36.8 Å². The second kappa shape index (κ2) is 20.5. The Balaban J connectivity index is 1.85. The van der Waals surface area contributed by atoms with Gasteiger partial charge in [0.25, 0.3) is 0 Å². The Kier molecular flexibility index (Phi) is 18.5. The SMILES string of the molecule is CCCCCCCCCCCCCCCCCCNC(=S)N/N=C\c1cc(Br)ccc1O. The number of hydrazone groups is 1. The number of thiocarbonyl (C=S) groups is 1. The molecule has 0 amide bonds. The summed E-state index contributed by atoms with van der Waals surface area (Å²) in [5, 5.41) is 17.5. The minimum atomic E-state index is 0.186. The number of halogens is 1. The van der Waals surface area contributed by atoms with E-state index >= 15 is 0 Å². The molecular formula is C26H44BrN3OS. The van der Waals surface area contributed by atoms with Crippen LogP contribution in [0.3, 0.4) is 0 Å². The summed E-state index contributed by atoms with van der Waals surface area (Å²) in [6.45, 7) is 3.15. The molecule has 182 valence electrons. The van der Waals surface area contributed by atoms with Crippen LogP contribution in [-0.2, 0) is 0 Å². The lowest BCUT2D eigenvalue weighted by Crippen LogP contribution is -2.32. The lowest BCUT2D eigenvalue weighted by atomic mass is 10.0. The Bertz CT molecular complexity index is 639. The summed E-state index contributed by atoms with van der Waals surface area (Å²) in [7, 11) is 0. The topological polar surface area (TPSA) is 56.7 Å². The third kappa shape index (κ3) is 16.5. The molecule has 0 aliphatic carbocycles. The Labute approximate surface area is 210 Å². The van der Waals surface area contributed by atoms with Gasteiger partial charge in [0.1, 0.15) is 5.75 Å². The first kappa shape index (κ1) is 28.9. The van der Waals surface area contributed by atoms with E-state index < -0.39 is 0 Å². The van der Waals surface area contributed by atoms with Crippen LogP contribution in [0.5, 0.6) is 5.75 Å². The molecule has 0 saturated heterocycles. The van der Waals surface area contributed by atoms with Crippen molar-refractivity contribution in [1.29, 1.82) is 0 Å². The van der Waals surface area contributed by atoms with Crippen LogP contribution in [-0.4, -0.2) is 23.0 Å². The molecule has 0 fully saturated rings. The monoisotopic (exact) mass is 525 g/mol. The molecule has 4 nitrogen and oxygen atoms in total. The minimum absolute atomic E-state index is 0.186. The fourth-order valence-electron chi connectivity index (χ4n) is 3.70. The zero-order valence-corrected chi connectivity index (χ0v) is 22.4. The maximum absolute atomic E-state index is 9.78. The largest absolute Gasteiger partial charge is 0.507 e. The van der Waals surface area contributed by atoms with Crippen molar-refractivity contribution in [1.82, 2.24) is 10.7 Å². The standard InChI is InChI=1S/C26H44BrN3OS/c1-2-3-4-5-6-7-8-9-10-11-12-13-14-15-16-17-20-28-26(32)30-29-22-23-21-24(27)18-19-25(23)31/h18-19,21-22,31H,2-17,20H2,1H3,(H2,28,30,32)/b29-22-. The van der Waals surface area contributed by atoms with Crippen molar-refractivity contribution < 1.29 is 5.11 Å². The number of hydrogen-bond donors (Lipinski definition) is 3. The molecule has 32 heavy (non-hydrogen) atoms. The zero-order chi connectivity index (χ0) is 23.3. The first-order valence-corrected chi connectivity index (χ1v) is 13.9. The van der Waals surface area contributed by atoms with Gasteiger partial charge in [-0.15, -0.1) is 0 Å². The lowest BCUT2D eigenvalue weighted by Gasteiger charge is -2.07. The van der Waals surface area contributed by atoms with Crippen LogP contribution in [0.1, 0.15) is 115 Å². The first-order chi connectivity index (χ1) is 15.6. The van der Waals surface area contributed by atoms with Crippen molar-refractivity contribution in [3.05, 3.63) is 28.2 Å². The van der Waals surface area contributed by atoms with E-state index in [4.69, 9.17) is 12.2 Å². The van der Waals surface area contributed by atoms with E-state index in [-0.39, 0.29) is 5.75 Å². The molecule has 0 radical (unpaired) electrons. The molecule has 0 unspecified atom stereocenters. The van der Waals surface area contributed by atoms with Gasteiger partial charge in [0.15, 0.2) is 5.11 Å². The van der Waals surface area contributed by atoms with Gasteiger partial charge in [-0.1, -0.05) is 119 Å². The highest BCUT2D eigenvalue weighted by Crippen LogP contribution is 2.20. The van der Waals surface area contributed by atoms with Crippen molar-refractivity contribution in [2.24, 2.45) is 5.10 Å². The molecule has 1 rings (SSSR count). The molecule has 1 aromatic rings. The summed E-state index contributed by atoms with van der Waals surface area (Å²) in [6, 6.07) is 5.21. The van der Waals surface area contributed by atoms with Crippen molar-refractivity contribution in [2.45, 2.75) is 110 Å². The van der Waals surface area contributed by atoms with Crippen molar-refractivity contribution in [2.75, 3.05) is 6.54 Å². The summed E-state index contributed by atoms with van der Waals surface area (Å²) < 4.78 is 0.890. The average molecular weight is 527 g/mol. The smallest absolute Gasteiger partial charge is 0.186 e. The molecule has 0 saturated carbocycles. The minimum Gasteiger partial charge on any atom is -0.507 e. The Hall–Kier alpha value is -1.14. The number of nitrogens with one attached hydrogen (secondary N) is 2. The Morgan fingerprint density at radius 1 is 0.875 bits per heavy atom. The number of hydrogen-bond acceptors (Lipinski definition) is 3. The van der Waals surface area contributed by atoms with E-state index in [9.17, 15) is 5.11 Å². The quantitative estimate of drug-likeness (QED) is 0.0736. The number of benzene rings is 1. The van der Waals surface area contributed by atoms with E-state index in [2.05, 4.69) is 38.7 Å². The van der Waals surface area contributed by atoms with E-state index in [0.29, 0.717) is 10.7 Å². The molecule has 0 spiro atoms. The second-order valence-corrected chi connectivity index (χ2v) is 9.96. The summed E-state index contributed by atoms with van der Waals surface area (Å²) in [5.74, 6) is 0.186. The van der Waals surface area contributed by atoms with E-state index in [0.717, 1.165) is 17.4 Å². The van der Waals surface area contributed by atoms with E-state index in [1.807, 2.05) is 0 Å². The fraction of sp³-hybridized carbons (Fsp3) is 0.692. The van der Waals surface area contributed by atoms with Crippen molar-refractivity contribution in [3.63, 3.8) is 0 Å². The summed E-state index contributed by atoms with van der Waals surface area (Å²) in [6.07, 6.45) is 23.6. The van der Waals surface area contributed by atoms with Crippen LogP contribution in [0, 0.1) is 0 Å². The van der Waals surface area contributed by atoms with Crippen LogP contribution in [0.2, 0.25) is 0 Å². The summed E-state index contributed by atoms with van der Waals surface area (Å²) in [5.41, 5.74) is 3.43. The van der Waals surface area contributed by atoms with Gasteiger partial charge in [0.05, 0.1) is 6.21 Å². The fourth-order valence-corrected chi connectivity index (χ4v) is 4.24. The highest BCUT2D eigenvalue weighted by atomic mass is 79.9. The summed E-state index contributed by atoms with van der Waals surface area (Å²) in [4.78, 5) is 0. The molecule has 0 aliphatic rings. The predicted octanol–water partition coefficient (Wildman–Crippen LogP) is 8.21. The van der Waals surface area contributed by atoms with Crippen LogP contribution in [0.4, 0.5) is 0 Å². The van der Waals surface area contributed by atoms with Gasteiger partial charge in [-0.25, -0.2) is 0 Å². The summed E-state index contributed by atoms with van der Waals surface area (Å²) >= 11 is 8.61. The first-order valence-electron chi connectivity index (χ1n) is 12.7. The normalized spacial score (nSPS) is 11.2. The molecule has 0 bridgehead atoms. The van der Waals surface area contributed by atoms with Crippen LogP contribution >= 0.6 is 28.1 Å². The van der Waals surface area contributed by atoms with E-state index in [1.54, 1.807) is 24.4 Å². The molecule has 3 N–H and O–H groups in total. The number of aromatic hydroxyl groups is 1.